The largest absolute Gasteiger partial charge is 0.506 e. The van der Waals surface area contributed by atoms with Crippen LogP contribution in [-0.2, 0) is 6.42 Å². The van der Waals surface area contributed by atoms with E-state index in [2.05, 4.69) is 13.5 Å². The smallest absolute Gasteiger partial charge is 0.339 e. The Kier molecular flexibility index (Phi) is 6.02. The molecule has 0 radical (unpaired) electrons. The Balaban J connectivity index is 2.61. The van der Waals surface area contributed by atoms with Crippen LogP contribution in [0.25, 0.3) is 16.7 Å². The number of aromatic hydroxyl groups is 1. The molecule has 0 aromatic heterocycles. The van der Waals surface area contributed by atoms with E-state index in [1.54, 1.807) is 0 Å². The Hall–Kier alpha value is -2.55. The Morgan fingerprint density at radius 3 is 2.44 bits per heavy atom. The summed E-state index contributed by atoms with van der Waals surface area (Å²) in [6.45, 7) is 9.98. The molecule has 3 heteroatoms. The van der Waals surface area contributed by atoms with E-state index in [-0.39, 0.29) is 11.3 Å². The second-order valence-electron chi connectivity index (χ2n) is 6.59. The van der Waals surface area contributed by atoms with Crippen LogP contribution >= 0.6 is 0 Å². The average Bonchev–Trinajstić information content (AvgIpc) is 2.54. The first-order valence-electron chi connectivity index (χ1n) is 8.71. The third kappa shape index (κ3) is 4.11. The summed E-state index contributed by atoms with van der Waals surface area (Å²) in [4.78, 5) is 11.8. The summed E-state index contributed by atoms with van der Waals surface area (Å²) in [6, 6.07) is 9.56. The number of carboxylic acid groups (broad SMARTS) is 1. The molecule has 132 valence electrons. The van der Waals surface area contributed by atoms with Crippen LogP contribution in [0.3, 0.4) is 0 Å². The van der Waals surface area contributed by atoms with E-state index in [0.717, 1.165) is 41.5 Å². The SMILES string of the molecule is C=C(C)c1ccc(C)cc1-c1ccc(CCCCC)c(C(=O)O)c1O. The minimum atomic E-state index is -1.09. The molecule has 0 heterocycles. The van der Waals surface area contributed by atoms with Gasteiger partial charge in [0.05, 0.1) is 0 Å². The van der Waals surface area contributed by atoms with Crippen LogP contribution in [0.4, 0.5) is 0 Å². The second kappa shape index (κ2) is 8.02. The van der Waals surface area contributed by atoms with Crippen LogP contribution in [0.1, 0.15) is 60.2 Å². The molecular weight excluding hydrogens is 312 g/mol. The summed E-state index contributed by atoms with van der Waals surface area (Å²) in [5.41, 5.74) is 4.89. The van der Waals surface area contributed by atoms with Crippen molar-refractivity contribution in [2.45, 2.75) is 46.5 Å². The highest BCUT2D eigenvalue weighted by Gasteiger charge is 2.21. The number of aromatic carboxylic acids is 1. The van der Waals surface area contributed by atoms with E-state index in [4.69, 9.17) is 0 Å². The molecule has 2 N–H and O–H groups in total. The molecule has 2 aromatic carbocycles. The van der Waals surface area contributed by atoms with Crippen molar-refractivity contribution in [3.05, 3.63) is 59.2 Å². The monoisotopic (exact) mass is 338 g/mol. The van der Waals surface area contributed by atoms with Crippen molar-refractivity contribution in [3.63, 3.8) is 0 Å². The van der Waals surface area contributed by atoms with Crippen molar-refractivity contribution >= 4 is 11.5 Å². The second-order valence-corrected chi connectivity index (χ2v) is 6.59. The van der Waals surface area contributed by atoms with Crippen LogP contribution in [-0.4, -0.2) is 16.2 Å². The topological polar surface area (TPSA) is 57.5 Å². The number of carbonyl (C=O) groups is 1. The molecule has 0 bridgehead atoms. The third-order valence-electron chi connectivity index (χ3n) is 4.45. The van der Waals surface area contributed by atoms with Gasteiger partial charge >= 0.3 is 5.97 Å². The number of hydrogen-bond donors (Lipinski definition) is 2. The van der Waals surface area contributed by atoms with Gasteiger partial charge in [-0.05, 0) is 43.4 Å². The fourth-order valence-electron chi connectivity index (χ4n) is 3.12. The number of unbranched alkanes of at least 4 members (excludes halogenated alkanes) is 2. The average molecular weight is 338 g/mol. The molecule has 0 aliphatic rings. The standard InChI is InChI=1S/C22H26O3/c1-5-6-7-8-16-10-12-18(21(23)20(16)22(24)25)19-13-15(4)9-11-17(19)14(2)3/h9-13,23H,2,5-8H2,1,3-4H3,(H,24,25). The number of allylic oxidation sites excluding steroid dienone is 1. The summed E-state index contributed by atoms with van der Waals surface area (Å²) in [5.74, 6) is -1.25. The molecule has 25 heavy (non-hydrogen) atoms. The molecule has 0 spiro atoms. The lowest BCUT2D eigenvalue weighted by Crippen LogP contribution is -2.04. The van der Waals surface area contributed by atoms with E-state index in [9.17, 15) is 15.0 Å². The minimum absolute atomic E-state index is 0.0165. The molecule has 0 fully saturated rings. The van der Waals surface area contributed by atoms with Gasteiger partial charge in [-0.2, -0.15) is 0 Å². The van der Waals surface area contributed by atoms with Crippen LogP contribution < -0.4 is 0 Å². The fourth-order valence-corrected chi connectivity index (χ4v) is 3.12. The van der Waals surface area contributed by atoms with Crippen molar-refractivity contribution in [2.24, 2.45) is 0 Å². The number of phenols is 1. The van der Waals surface area contributed by atoms with Crippen molar-refractivity contribution in [1.82, 2.24) is 0 Å². The minimum Gasteiger partial charge on any atom is -0.506 e. The van der Waals surface area contributed by atoms with Crippen LogP contribution in [0, 0.1) is 6.92 Å². The predicted octanol–water partition coefficient (Wildman–Crippen LogP) is 5.83. The highest BCUT2D eigenvalue weighted by atomic mass is 16.4. The van der Waals surface area contributed by atoms with Crippen LogP contribution in [0.2, 0.25) is 0 Å². The summed E-state index contributed by atoms with van der Waals surface area (Å²) in [7, 11) is 0. The molecule has 0 atom stereocenters. The van der Waals surface area contributed by atoms with Gasteiger partial charge in [-0.15, -0.1) is 0 Å². The zero-order valence-corrected chi connectivity index (χ0v) is 15.2. The molecule has 0 saturated heterocycles. The zero-order chi connectivity index (χ0) is 18.6. The highest BCUT2D eigenvalue weighted by Crippen LogP contribution is 2.38. The molecule has 0 unspecified atom stereocenters. The quantitative estimate of drug-likeness (QED) is 0.624. The first-order valence-corrected chi connectivity index (χ1v) is 8.71. The van der Waals surface area contributed by atoms with Gasteiger partial charge in [0.25, 0.3) is 0 Å². The first-order chi connectivity index (χ1) is 11.9. The van der Waals surface area contributed by atoms with Crippen molar-refractivity contribution < 1.29 is 15.0 Å². The number of hydrogen-bond acceptors (Lipinski definition) is 2. The number of rotatable bonds is 7. The van der Waals surface area contributed by atoms with Gasteiger partial charge in [0.2, 0.25) is 0 Å². The zero-order valence-electron chi connectivity index (χ0n) is 15.2. The molecule has 0 amide bonds. The van der Waals surface area contributed by atoms with E-state index in [1.807, 2.05) is 44.2 Å². The molecule has 0 aliphatic heterocycles. The van der Waals surface area contributed by atoms with Gasteiger partial charge in [0.1, 0.15) is 11.3 Å². The van der Waals surface area contributed by atoms with Crippen LogP contribution in [0.5, 0.6) is 5.75 Å². The van der Waals surface area contributed by atoms with Crippen molar-refractivity contribution in [2.75, 3.05) is 0 Å². The number of carboxylic acids is 1. The normalized spacial score (nSPS) is 10.7. The van der Waals surface area contributed by atoms with Crippen molar-refractivity contribution in [1.29, 1.82) is 0 Å². The van der Waals surface area contributed by atoms with Crippen molar-refractivity contribution in [3.8, 4) is 16.9 Å². The lowest BCUT2D eigenvalue weighted by molar-refractivity contribution is 0.0692. The molecule has 2 rings (SSSR count). The van der Waals surface area contributed by atoms with Gasteiger partial charge in [-0.1, -0.05) is 67.8 Å². The lowest BCUT2D eigenvalue weighted by atomic mass is 9.90. The maximum Gasteiger partial charge on any atom is 0.339 e. The van der Waals surface area contributed by atoms with E-state index >= 15 is 0 Å². The fraction of sp³-hybridized carbons (Fsp3) is 0.318. The third-order valence-corrected chi connectivity index (χ3v) is 4.45. The number of benzene rings is 2. The molecule has 2 aromatic rings. The summed E-state index contributed by atoms with van der Waals surface area (Å²) >= 11 is 0. The molecular formula is C22H26O3. The predicted molar refractivity (Wildman–Crippen MR) is 103 cm³/mol. The summed E-state index contributed by atoms with van der Waals surface area (Å²) in [6.07, 6.45) is 3.68. The van der Waals surface area contributed by atoms with Gasteiger partial charge < -0.3 is 10.2 Å². The Bertz CT molecular complexity index is 803. The highest BCUT2D eigenvalue weighted by molar-refractivity contribution is 5.97. The molecule has 0 aliphatic carbocycles. The lowest BCUT2D eigenvalue weighted by Gasteiger charge is -2.16. The summed E-state index contributed by atoms with van der Waals surface area (Å²) in [5, 5.41) is 20.4. The van der Waals surface area contributed by atoms with E-state index < -0.39 is 5.97 Å². The van der Waals surface area contributed by atoms with Crippen LogP contribution in [0.15, 0.2) is 36.9 Å². The number of aryl methyl sites for hydroxylation is 2. The Morgan fingerprint density at radius 1 is 1.12 bits per heavy atom. The van der Waals surface area contributed by atoms with Gasteiger partial charge in [-0.3, -0.25) is 0 Å². The van der Waals surface area contributed by atoms with Gasteiger partial charge in [0.15, 0.2) is 0 Å². The van der Waals surface area contributed by atoms with Gasteiger partial charge in [-0.25, -0.2) is 4.79 Å². The Labute approximate surface area is 149 Å². The Morgan fingerprint density at radius 2 is 1.84 bits per heavy atom. The van der Waals surface area contributed by atoms with E-state index in [1.165, 1.54) is 0 Å². The van der Waals surface area contributed by atoms with Gasteiger partial charge in [0, 0.05) is 5.56 Å². The molecule has 0 saturated carbocycles. The maximum atomic E-state index is 11.8. The van der Waals surface area contributed by atoms with E-state index in [0.29, 0.717) is 17.5 Å². The first kappa shape index (κ1) is 18.8. The molecule has 3 nitrogen and oxygen atoms in total. The summed E-state index contributed by atoms with van der Waals surface area (Å²) < 4.78 is 0. The maximum absolute atomic E-state index is 11.8.